The highest BCUT2D eigenvalue weighted by Gasteiger charge is 2.24. The molecule has 0 unspecified atom stereocenters. The van der Waals surface area contributed by atoms with Crippen molar-refractivity contribution in [2.75, 3.05) is 20.1 Å². The van der Waals surface area contributed by atoms with Crippen molar-refractivity contribution < 1.29 is 32.9 Å². The van der Waals surface area contributed by atoms with Gasteiger partial charge in [0.2, 0.25) is 6.86 Å². The Bertz CT molecular complexity index is 195. The Kier molecular flexibility index (Phi) is 3.30. The average molecular weight is 194 g/mol. The largest absolute Gasteiger partial charge is 0.511 e. The Hall–Kier alpha value is -1.53. The molecule has 0 N–H and O–H groups in total. The number of hydrogen-bond acceptors (Lipinski definition) is 6. The Morgan fingerprint density at radius 2 is 2.15 bits per heavy atom. The molecule has 7 heteroatoms. The molecule has 0 saturated carbocycles. The van der Waals surface area contributed by atoms with Gasteiger partial charge in [-0.05, 0) is 0 Å². The zero-order valence-electron chi connectivity index (χ0n) is 6.53. The molecule has 74 valence electrons. The van der Waals surface area contributed by atoms with E-state index in [0.29, 0.717) is 0 Å². The third-order valence-corrected chi connectivity index (χ3v) is 1.21. The van der Waals surface area contributed by atoms with Crippen molar-refractivity contribution in [2.24, 2.45) is 0 Å². The highest BCUT2D eigenvalue weighted by Crippen LogP contribution is 2.04. The van der Waals surface area contributed by atoms with Crippen LogP contribution in [0.2, 0.25) is 0 Å². The molecule has 1 saturated heterocycles. The Morgan fingerprint density at radius 3 is 2.69 bits per heavy atom. The molecule has 0 aromatic carbocycles. The second-order valence-corrected chi connectivity index (χ2v) is 2.12. The van der Waals surface area contributed by atoms with Crippen LogP contribution < -0.4 is 0 Å². The predicted molar refractivity (Wildman–Crippen MR) is 34.6 cm³/mol. The number of carbonyl (C=O) groups excluding carboxylic acids is 2. The van der Waals surface area contributed by atoms with Crippen molar-refractivity contribution in [1.29, 1.82) is 0 Å². The van der Waals surface area contributed by atoms with Gasteiger partial charge in [0.25, 0.3) is 0 Å². The first-order chi connectivity index (χ1) is 6.22. The Labute approximate surface area is 72.5 Å². The molecule has 0 bridgehead atoms. The van der Waals surface area contributed by atoms with Crippen molar-refractivity contribution in [3.05, 3.63) is 0 Å². The van der Waals surface area contributed by atoms with E-state index < -0.39 is 25.3 Å². The summed E-state index contributed by atoms with van der Waals surface area (Å²) in [5, 5.41) is 0. The first kappa shape index (κ1) is 9.56. The summed E-state index contributed by atoms with van der Waals surface area (Å²) in [7, 11) is 0. The summed E-state index contributed by atoms with van der Waals surface area (Å²) in [6, 6.07) is 0. The normalized spacial score (nSPS) is 17.2. The van der Waals surface area contributed by atoms with Crippen LogP contribution in [-0.2, 0) is 18.9 Å². The lowest BCUT2D eigenvalue weighted by atomic mass is 10.4. The molecule has 0 atom stereocenters. The number of halogens is 1. The monoisotopic (exact) mass is 194 g/mol. The summed E-state index contributed by atoms with van der Waals surface area (Å²) < 4.78 is 28.5. The molecule has 0 aromatic rings. The van der Waals surface area contributed by atoms with Crippen LogP contribution in [0.1, 0.15) is 0 Å². The van der Waals surface area contributed by atoms with E-state index in [1.54, 1.807) is 0 Å². The van der Waals surface area contributed by atoms with Crippen LogP contribution in [0.25, 0.3) is 0 Å². The molecule has 1 rings (SSSR count). The lowest BCUT2D eigenvalue weighted by molar-refractivity contribution is -0.0782. The van der Waals surface area contributed by atoms with Gasteiger partial charge >= 0.3 is 12.3 Å². The topological polar surface area (TPSA) is 71.1 Å². The Balaban J connectivity index is 2.22. The van der Waals surface area contributed by atoms with E-state index in [-0.39, 0.29) is 13.2 Å². The van der Waals surface area contributed by atoms with E-state index in [1.807, 2.05) is 0 Å². The molecule has 0 amide bonds. The highest BCUT2D eigenvalue weighted by molar-refractivity contribution is 5.62. The molecule has 0 spiro atoms. The fourth-order valence-electron chi connectivity index (χ4n) is 0.694. The molecular weight excluding hydrogens is 187 g/mol. The van der Waals surface area contributed by atoms with E-state index in [9.17, 15) is 14.0 Å². The SMILES string of the molecule is O=C1OCC(OC(=O)OCF)CO1. The minimum atomic E-state index is -1.26. The van der Waals surface area contributed by atoms with Crippen LogP contribution in [0, 0.1) is 0 Å². The van der Waals surface area contributed by atoms with Gasteiger partial charge in [0.15, 0.2) is 6.10 Å². The van der Waals surface area contributed by atoms with Gasteiger partial charge < -0.3 is 18.9 Å². The van der Waals surface area contributed by atoms with Gasteiger partial charge in [-0.25, -0.2) is 14.0 Å². The molecule has 0 radical (unpaired) electrons. The highest BCUT2D eigenvalue weighted by atomic mass is 19.1. The quantitative estimate of drug-likeness (QED) is 0.599. The van der Waals surface area contributed by atoms with Crippen molar-refractivity contribution in [2.45, 2.75) is 6.10 Å². The standard InChI is InChI=1S/C6H7FO6/c7-3-12-6(9)13-4-1-10-5(8)11-2-4/h4H,1-3H2. The molecule has 1 aliphatic heterocycles. The number of alkyl halides is 1. The Morgan fingerprint density at radius 1 is 1.54 bits per heavy atom. The maximum Gasteiger partial charge on any atom is 0.511 e. The summed E-state index contributed by atoms with van der Waals surface area (Å²) in [5.74, 6) is 0. The first-order valence-corrected chi connectivity index (χ1v) is 3.41. The van der Waals surface area contributed by atoms with E-state index in [2.05, 4.69) is 18.9 Å². The molecule has 1 aliphatic rings. The van der Waals surface area contributed by atoms with Crippen LogP contribution in [0.15, 0.2) is 0 Å². The van der Waals surface area contributed by atoms with Crippen LogP contribution in [-0.4, -0.2) is 38.5 Å². The zero-order valence-corrected chi connectivity index (χ0v) is 6.53. The average Bonchev–Trinajstić information content (AvgIpc) is 2.09. The second-order valence-electron chi connectivity index (χ2n) is 2.12. The number of cyclic esters (lactones) is 2. The fraction of sp³-hybridized carbons (Fsp3) is 0.667. The summed E-state index contributed by atoms with van der Waals surface area (Å²) in [5.41, 5.74) is 0. The van der Waals surface area contributed by atoms with Gasteiger partial charge in [0.1, 0.15) is 13.2 Å². The molecular formula is C6H7FO6. The van der Waals surface area contributed by atoms with Crippen LogP contribution in [0.5, 0.6) is 0 Å². The molecule has 6 nitrogen and oxygen atoms in total. The molecule has 1 fully saturated rings. The van der Waals surface area contributed by atoms with Crippen molar-refractivity contribution in [3.63, 3.8) is 0 Å². The van der Waals surface area contributed by atoms with Crippen LogP contribution in [0.4, 0.5) is 14.0 Å². The van der Waals surface area contributed by atoms with Crippen molar-refractivity contribution in [3.8, 4) is 0 Å². The van der Waals surface area contributed by atoms with E-state index in [1.165, 1.54) is 0 Å². The summed E-state index contributed by atoms with van der Waals surface area (Å²) >= 11 is 0. The smallest absolute Gasteiger partial charge is 0.430 e. The minimum absolute atomic E-state index is 0.111. The molecule has 0 aliphatic carbocycles. The van der Waals surface area contributed by atoms with Gasteiger partial charge in [0.05, 0.1) is 0 Å². The molecule has 13 heavy (non-hydrogen) atoms. The first-order valence-electron chi connectivity index (χ1n) is 3.41. The third-order valence-electron chi connectivity index (χ3n) is 1.21. The molecule has 1 heterocycles. The van der Waals surface area contributed by atoms with E-state index in [0.717, 1.165) is 0 Å². The zero-order chi connectivity index (χ0) is 9.68. The lowest BCUT2D eigenvalue weighted by Gasteiger charge is -2.20. The predicted octanol–water partition coefficient (Wildman–Crippen LogP) is 0.602. The number of carbonyl (C=O) groups is 2. The summed E-state index contributed by atoms with van der Waals surface area (Å²) in [4.78, 5) is 20.9. The third kappa shape index (κ3) is 3.14. The second kappa shape index (κ2) is 4.48. The van der Waals surface area contributed by atoms with Crippen molar-refractivity contribution >= 4 is 12.3 Å². The summed E-state index contributed by atoms with van der Waals surface area (Å²) in [6.45, 7) is -1.48. The van der Waals surface area contributed by atoms with Gasteiger partial charge in [-0.15, -0.1) is 0 Å². The van der Waals surface area contributed by atoms with Gasteiger partial charge in [-0.2, -0.15) is 0 Å². The maximum absolute atomic E-state index is 11.4. The van der Waals surface area contributed by atoms with Gasteiger partial charge in [-0.1, -0.05) is 0 Å². The maximum atomic E-state index is 11.4. The number of ether oxygens (including phenoxy) is 4. The minimum Gasteiger partial charge on any atom is -0.430 e. The van der Waals surface area contributed by atoms with E-state index >= 15 is 0 Å². The van der Waals surface area contributed by atoms with E-state index in [4.69, 9.17) is 0 Å². The van der Waals surface area contributed by atoms with Crippen LogP contribution in [0.3, 0.4) is 0 Å². The van der Waals surface area contributed by atoms with Gasteiger partial charge in [-0.3, -0.25) is 0 Å². The van der Waals surface area contributed by atoms with Crippen LogP contribution >= 0.6 is 0 Å². The lowest BCUT2D eigenvalue weighted by Crippen LogP contribution is -2.35. The number of hydrogen-bond donors (Lipinski definition) is 0. The fourth-order valence-corrected chi connectivity index (χ4v) is 0.694. The summed E-state index contributed by atoms with van der Waals surface area (Å²) in [6.07, 6.45) is -2.72. The van der Waals surface area contributed by atoms with Gasteiger partial charge in [0, 0.05) is 0 Å². The molecule has 0 aromatic heterocycles. The van der Waals surface area contributed by atoms with Crippen molar-refractivity contribution in [1.82, 2.24) is 0 Å². The number of rotatable bonds is 2.